The number of aliphatic hydroxyl groups excluding tert-OH is 1. The lowest BCUT2D eigenvalue weighted by molar-refractivity contribution is 0.282. The topological polar surface area (TPSA) is 40.5 Å². The van der Waals surface area contributed by atoms with Crippen molar-refractivity contribution in [3.8, 4) is 5.75 Å². The number of hydrogen-bond acceptors (Lipinski definition) is 2. The Balaban J connectivity index is 0.000000160. The van der Waals surface area contributed by atoms with Gasteiger partial charge in [0.15, 0.2) is 0 Å². The minimum atomic E-state index is 0.140. The maximum Gasteiger partial charge on any atom is 0.115 e. The summed E-state index contributed by atoms with van der Waals surface area (Å²) in [6.07, 6.45) is 0. The Morgan fingerprint density at radius 3 is 1.81 bits per heavy atom. The normalized spacial score (nSPS) is 9.12. The molecule has 2 rings (SSSR count). The third kappa shape index (κ3) is 4.62. The van der Waals surface area contributed by atoms with Crippen LogP contribution in [0.1, 0.15) is 11.1 Å². The number of aliphatic hydroxyl groups is 1. The average Bonchev–Trinajstić information content (AvgIpc) is 2.35. The Morgan fingerprint density at radius 1 is 0.875 bits per heavy atom. The molecule has 0 aliphatic rings. The molecule has 0 aromatic heterocycles. The fraction of sp³-hybridized carbons (Fsp3) is 0.143. The zero-order valence-corrected chi connectivity index (χ0v) is 9.30. The molecule has 0 atom stereocenters. The van der Waals surface area contributed by atoms with Crippen molar-refractivity contribution in [1.82, 2.24) is 0 Å². The first-order valence-corrected chi connectivity index (χ1v) is 5.13. The van der Waals surface area contributed by atoms with Gasteiger partial charge in [0.1, 0.15) is 5.75 Å². The molecule has 0 bridgehead atoms. The van der Waals surface area contributed by atoms with Crippen LogP contribution in [0.3, 0.4) is 0 Å². The van der Waals surface area contributed by atoms with Crippen LogP contribution >= 0.6 is 0 Å². The molecule has 2 N–H and O–H groups in total. The molecule has 84 valence electrons. The van der Waals surface area contributed by atoms with Gasteiger partial charge < -0.3 is 10.2 Å². The fourth-order valence-corrected chi connectivity index (χ4v) is 1.13. The lowest BCUT2D eigenvalue weighted by atomic mass is 10.2. The number of benzene rings is 2. The largest absolute Gasteiger partial charge is 0.508 e. The molecule has 0 saturated heterocycles. The minimum Gasteiger partial charge on any atom is -0.508 e. The van der Waals surface area contributed by atoms with E-state index in [9.17, 15) is 0 Å². The highest BCUT2D eigenvalue weighted by atomic mass is 16.3. The fourth-order valence-electron chi connectivity index (χ4n) is 1.13. The summed E-state index contributed by atoms with van der Waals surface area (Å²) < 4.78 is 0. The van der Waals surface area contributed by atoms with Gasteiger partial charge in [0.2, 0.25) is 0 Å². The van der Waals surface area contributed by atoms with Crippen LogP contribution in [0.4, 0.5) is 0 Å². The third-order valence-corrected chi connectivity index (χ3v) is 2.06. The van der Waals surface area contributed by atoms with Crippen LogP contribution in [0.25, 0.3) is 0 Å². The molecule has 0 aliphatic carbocycles. The number of hydrogen-bond donors (Lipinski definition) is 2. The monoisotopic (exact) mass is 216 g/mol. The third-order valence-electron chi connectivity index (χ3n) is 2.06. The summed E-state index contributed by atoms with van der Waals surface area (Å²) in [5.74, 6) is 0.329. The number of phenols is 1. The van der Waals surface area contributed by atoms with Crippen molar-refractivity contribution < 1.29 is 10.2 Å². The van der Waals surface area contributed by atoms with Crippen LogP contribution in [0.5, 0.6) is 5.75 Å². The smallest absolute Gasteiger partial charge is 0.115 e. The number of rotatable bonds is 1. The van der Waals surface area contributed by atoms with Crippen molar-refractivity contribution in [3.05, 3.63) is 65.7 Å². The van der Waals surface area contributed by atoms with Crippen molar-refractivity contribution >= 4 is 0 Å². The number of aryl methyl sites for hydroxylation is 1. The van der Waals surface area contributed by atoms with E-state index < -0.39 is 0 Å². The van der Waals surface area contributed by atoms with Crippen molar-refractivity contribution in [2.45, 2.75) is 13.5 Å². The summed E-state index contributed by atoms with van der Waals surface area (Å²) >= 11 is 0. The van der Waals surface area contributed by atoms with Gasteiger partial charge >= 0.3 is 0 Å². The molecule has 0 radical (unpaired) electrons. The van der Waals surface area contributed by atoms with Crippen molar-refractivity contribution in [1.29, 1.82) is 0 Å². The van der Waals surface area contributed by atoms with Gasteiger partial charge in [0, 0.05) is 0 Å². The van der Waals surface area contributed by atoms with E-state index >= 15 is 0 Å². The molecule has 0 fully saturated rings. The Hall–Kier alpha value is -1.80. The molecule has 16 heavy (non-hydrogen) atoms. The van der Waals surface area contributed by atoms with Gasteiger partial charge in [0.05, 0.1) is 6.61 Å². The first kappa shape index (κ1) is 12.3. The van der Waals surface area contributed by atoms with E-state index in [1.807, 2.05) is 49.4 Å². The van der Waals surface area contributed by atoms with Crippen LogP contribution in [-0.4, -0.2) is 10.2 Å². The average molecular weight is 216 g/mol. The molecule has 2 nitrogen and oxygen atoms in total. The van der Waals surface area contributed by atoms with Crippen LogP contribution in [-0.2, 0) is 6.61 Å². The van der Waals surface area contributed by atoms with Gasteiger partial charge in [-0.1, -0.05) is 48.0 Å². The molecular formula is C14H16O2. The molecule has 2 aromatic rings. The number of phenolic OH excluding ortho intramolecular Hbond substituents is 1. The second kappa shape index (κ2) is 6.64. The summed E-state index contributed by atoms with van der Waals surface area (Å²) in [6, 6.07) is 16.6. The van der Waals surface area contributed by atoms with E-state index in [0.29, 0.717) is 5.75 Å². The lowest BCUT2D eigenvalue weighted by Crippen LogP contribution is -1.77. The van der Waals surface area contributed by atoms with E-state index in [2.05, 4.69) is 0 Å². The Bertz CT molecular complexity index is 372. The molecule has 0 unspecified atom stereocenters. The molecule has 2 heteroatoms. The van der Waals surface area contributed by atoms with Gasteiger partial charge in [-0.25, -0.2) is 0 Å². The molecule has 0 heterocycles. The standard InChI is InChI=1S/2C7H8O/c1-6-2-4-7(8)5-3-6;8-6-7-4-2-1-3-5-7/h2-5,8H,1H3;1-5,8H,6H2. The predicted octanol–water partition coefficient (Wildman–Crippen LogP) is 2.88. The van der Waals surface area contributed by atoms with E-state index in [0.717, 1.165) is 5.56 Å². The Labute approximate surface area is 95.8 Å². The second-order valence-corrected chi connectivity index (χ2v) is 3.48. The molecule has 0 aliphatic heterocycles. The van der Waals surface area contributed by atoms with Gasteiger partial charge in [-0.15, -0.1) is 0 Å². The van der Waals surface area contributed by atoms with E-state index in [1.54, 1.807) is 12.1 Å². The first-order chi connectivity index (χ1) is 7.72. The van der Waals surface area contributed by atoms with Gasteiger partial charge in [-0.2, -0.15) is 0 Å². The zero-order valence-electron chi connectivity index (χ0n) is 9.30. The first-order valence-electron chi connectivity index (χ1n) is 5.13. The van der Waals surface area contributed by atoms with Crippen molar-refractivity contribution in [2.24, 2.45) is 0 Å². The molecule has 2 aromatic carbocycles. The Kier molecular flexibility index (Phi) is 5.09. The van der Waals surface area contributed by atoms with Gasteiger partial charge in [0.25, 0.3) is 0 Å². The van der Waals surface area contributed by atoms with Crippen molar-refractivity contribution in [2.75, 3.05) is 0 Å². The highest BCUT2D eigenvalue weighted by Crippen LogP contribution is 2.07. The molecule has 0 saturated carbocycles. The maximum absolute atomic E-state index is 8.76. The van der Waals surface area contributed by atoms with E-state index in [4.69, 9.17) is 10.2 Å². The van der Waals surface area contributed by atoms with Gasteiger partial charge in [-0.05, 0) is 24.6 Å². The summed E-state index contributed by atoms with van der Waals surface area (Å²) in [5, 5.41) is 17.3. The summed E-state index contributed by atoms with van der Waals surface area (Å²) in [6.45, 7) is 2.13. The zero-order chi connectivity index (χ0) is 11.8. The van der Waals surface area contributed by atoms with E-state index in [1.165, 1.54) is 5.56 Å². The SMILES string of the molecule is Cc1ccc(O)cc1.OCc1ccccc1. The second-order valence-electron chi connectivity index (χ2n) is 3.48. The van der Waals surface area contributed by atoms with Crippen molar-refractivity contribution in [3.63, 3.8) is 0 Å². The molecular weight excluding hydrogens is 200 g/mol. The summed E-state index contributed by atoms with van der Waals surface area (Å²) in [4.78, 5) is 0. The highest BCUT2D eigenvalue weighted by Gasteiger charge is 1.82. The van der Waals surface area contributed by atoms with Crippen LogP contribution in [0, 0.1) is 6.92 Å². The maximum atomic E-state index is 8.76. The highest BCUT2D eigenvalue weighted by molar-refractivity contribution is 5.24. The quantitative estimate of drug-likeness (QED) is 0.769. The van der Waals surface area contributed by atoms with Gasteiger partial charge in [-0.3, -0.25) is 0 Å². The molecule has 0 spiro atoms. The predicted molar refractivity (Wildman–Crippen MR) is 65.2 cm³/mol. The van der Waals surface area contributed by atoms with Crippen LogP contribution in [0.15, 0.2) is 54.6 Å². The summed E-state index contributed by atoms with van der Waals surface area (Å²) in [7, 11) is 0. The Morgan fingerprint density at radius 2 is 1.44 bits per heavy atom. The lowest BCUT2D eigenvalue weighted by Gasteiger charge is -1.89. The minimum absolute atomic E-state index is 0.140. The summed E-state index contributed by atoms with van der Waals surface area (Å²) in [5.41, 5.74) is 2.13. The van der Waals surface area contributed by atoms with Crippen LogP contribution < -0.4 is 0 Å². The van der Waals surface area contributed by atoms with Crippen LogP contribution in [0.2, 0.25) is 0 Å². The van der Waals surface area contributed by atoms with E-state index in [-0.39, 0.29) is 6.61 Å². The number of aromatic hydroxyl groups is 1. The molecule has 0 amide bonds.